The fourth-order valence-electron chi connectivity index (χ4n) is 1.90. The van der Waals surface area contributed by atoms with E-state index in [-0.39, 0.29) is 25.2 Å². The molecule has 1 fully saturated rings. The van der Waals surface area contributed by atoms with E-state index < -0.39 is 17.3 Å². The van der Waals surface area contributed by atoms with Crippen LogP contribution in [0.5, 0.6) is 0 Å². The van der Waals surface area contributed by atoms with Crippen molar-refractivity contribution in [1.29, 1.82) is 0 Å². The molecule has 0 saturated carbocycles. The highest BCUT2D eigenvalue weighted by atomic mass is 19.4. The molecule has 0 amide bonds. The normalized spacial score (nSPS) is 26.0. The standard InChI is InChI=1S/C11H11F3O2/c12-11(13,14)9-4-2-1-3-8(9)10(15)5-6-16-7-10/h1-4,15H,5-7H2. The topological polar surface area (TPSA) is 29.5 Å². The highest BCUT2D eigenvalue weighted by Gasteiger charge is 2.42. The van der Waals surface area contributed by atoms with Crippen LogP contribution in [0.4, 0.5) is 13.2 Å². The number of rotatable bonds is 1. The SMILES string of the molecule is OC1(c2ccccc2C(F)(F)F)CCOC1. The first-order valence-corrected chi connectivity index (χ1v) is 4.90. The second kappa shape index (κ2) is 3.75. The maximum absolute atomic E-state index is 12.7. The van der Waals surface area contributed by atoms with Crippen LogP contribution >= 0.6 is 0 Å². The Kier molecular flexibility index (Phi) is 2.67. The molecule has 0 aliphatic carbocycles. The van der Waals surface area contributed by atoms with Crippen molar-refractivity contribution >= 4 is 0 Å². The molecule has 2 nitrogen and oxygen atoms in total. The van der Waals surface area contributed by atoms with E-state index in [9.17, 15) is 18.3 Å². The molecule has 1 aromatic rings. The van der Waals surface area contributed by atoms with E-state index in [4.69, 9.17) is 4.74 Å². The molecule has 0 radical (unpaired) electrons. The summed E-state index contributed by atoms with van der Waals surface area (Å²) >= 11 is 0. The molecule has 1 atom stereocenters. The molecule has 1 heterocycles. The second-order valence-corrected chi connectivity index (χ2v) is 3.88. The molecule has 1 unspecified atom stereocenters. The lowest BCUT2D eigenvalue weighted by Crippen LogP contribution is -2.29. The Morgan fingerprint density at radius 3 is 2.50 bits per heavy atom. The van der Waals surface area contributed by atoms with Crippen molar-refractivity contribution in [3.8, 4) is 0 Å². The number of alkyl halides is 3. The summed E-state index contributed by atoms with van der Waals surface area (Å²) in [5, 5.41) is 10.1. The summed E-state index contributed by atoms with van der Waals surface area (Å²) < 4.78 is 43.1. The van der Waals surface area contributed by atoms with E-state index in [2.05, 4.69) is 0 Å². The molecule has 0 bridgehead atoms. The molecular formula is C11H11F3O2. The molecule has 2 rings (SSSR count). The highest BCUT2D eigenvalue weighted by Crippen LogP contribution is 2.39. The largest absolute Gasteiger partial charge is 0.416 e. The van der Waals surface area contributed by atoms with Crippen LogP contribution in [0.2, 0.25) is 0 Å². The number of ether oxygens (including phenoxy) is 1. The van der Waals surface area contributed by atoms with Gasteiger partial charge < -0.3 is 9.84 Å². The zero-order valence-corrected chi connectivity index (χ0v) is 8.42. The van der Waals surface area contributed by atoms with Crippen molar-refractivity contribution < 1.29 is 23.0 Å². The minimum absolute atomic E-state index is 0.0832. The molecule has 1 aliphatic rings. The van der Waals surface area contributed by atoms with E-state index in [1.807, 2.05) is 0 Å². The van der Waals surface area contributed by atoms with Gasteiger partial charge in [0.05, 0.1) is 12.2 Å². The highest BCUT2D eigenvalue weighted by molar-refractivity contribution is 5.35. The number of benzene rings is 1. The summed E-state index contributed by atoms with van der Waals surface area (Å²) in [7, 11) is 0. The van der Waals surface area contributed by atoms with Gasteiger partial charge >= 0.3 is 6.18 Å². The van der Waals surface area contributed by atoms with Gasteiger partial charge in [0.1, 0.15) is 5.60 Å². The predicted molar refractivity (Wildman–Crippen MR) is 50.8 cm³/mol. The van der Waals surface area contributed by atoms with Crippen LogP contribution in [-0.2, 0) is 16.5 Å². The van der Waals surface area contributed by atoms with Crippen LogP contribution in [0.15, 0.2) is 24.3 Å². The first-order chi connectivity index (χ1) is 7.43. The zero-order valence-electron chi connectivity index (χ0n) is 8.42. The minimum atomic E-state index is -4.45. The third kappa shape index (κ3) is 1.92. The van der Waals surface area contributed by atoms with Crippen LogP contribution in [0.25, 0.3) is 0 Å². The molecular weight excluding hydrogens is 221 g/mol. The van der Waals surface area contributed by atoms with Crippen LogP contribution in [0.1, 0.15) is 17.5 Å². The minimum Gasteiger partial charge on any atom is -0.383 e. The first kappa shape index (κ1) is 11.4. The van der Waals surface area contributed by atoms with Crippen molar-refractivity contribution in [3.05, 3.63) is 35.4 Å². The van der Waals surface area contributed by atoms with Crippen molar-refractivity contribution in [3.63, 3.8) is 0 Å². The smallest absolute Gasteiger partial charge is 0.383 e. The van der Waals surface area contributed by atoms with Gasteiger partial charge in [0.25, 0.3) is 0 Å². The van der Waals surface area contributed by atoms with Gasteiger partial charge in [-0.2, -0.15) is 13.2 Å². The van der Waals surface area contributed by atoms with Crippen LogP contribution < -0.4 is 0 Å². The molecule has 5 heteroatoms. The van der Waals surface area contributed by atoms with E-state index in [0.29, 0.717) is 0 Å². The average Bonchev–Trinajstić information content (AvgIpc) is 2.65. The first-order valence-electron chi connectivity index (χ1n) is 4.90. The number of aliphatic hydroxyl groups is 1. The second-order valence-electron chi connectivity index (χ2n) is 3.88. The summed E-state index contributed by atoms with van der Waals surface area (Å²) in [6.07, 6.45) is -4.25. The van der Waals surface area contributed by atoms with Gasteiger partial charge in [0, 0.05) is 13.0 Å². The molecule has 1 saturated heterocycles. The van der Waals surface area contributed by atoms with E-state index >= 15 is 0 Å². The predicted octanol–water partition coefficient (Wildman–Crippen LogP) is 2.31. The zero-order chi connectivity index (χ0) is 11.8. The Hall–Kier alpha value is -1.07. The van der Waals surface area contributed by atoms with Gasteiger partial charge in [-0.15, -0.1) is 0 Å². The van der Waals surface area contributed by atoms with Gasteiger partial charge in [-0.1, -0.05) is 18.2 Å². The lowest BCUT2D eigenvalue weighted by Gasteiger charge is -2.24. The molecule has 16 heavy (non-hydrogen) atoms. The lowest BCUT2D eigenvalue weighted by atomic mass is 9.89. The van der Waals surface area contributed by atoms with E-state index in [1.54, 1.807) is 0 Å². The summed E-state index contributed by atoms with van der Waals surface area (Å²) in [5.41, 5.74) is -2.39. The summed E-state index contributed by atoms with van der Waals surface area (Å²) in [4.78, 5) is 0. The van der Waals surface area contributed by atoms with Crippen LogP contribution in [-0.4, -0.2) is 18.3 Å². The van der Waals surface area contributed by atoms with Crippen molar-refractivity contribution in [2.24, 2.45) is 0 Å². The van der Waals surface area contributed by atoms with Crippen molar-refractivity contribution in [2.75, 3.05) is 13.2 Å². The molecule has 88 valence electrons. The summed E-state index contributed by atoms with van der Waals surface area (Å²) in [5.74, 6) is 0. The Bertz CT molecular complexity index is 381. The maximum atomic E-state index is 12.7. The van der Waals surface area contributed by atoms with Crippen LogP contribution in [0.3, 0.4) is 0 Å². The molecule has 1 aliphatic heterocycles. The third-order valence-electron chi connectivity index (χ3n) is 2.73. The summed E-state index contributed by atoms with van der Waals surface area (Å²) in [6.45, 7) is 0.197. The fraction of sp³-hybridized carbons (Fsp3) is 0.455. The van der Waals surface area contributed by atoms with E-state index in [0.717, 1.165) is 6.07 Å². The number of halogens is 3. The number of hydrogen-bond acceptors (Lipinski definition) is 2. The Labute approximate surface area is 90.7 Å². The van der Waals surface area contributed by atoms with Gasteiger partial charge in [-0.05, 0) is 11.6 Å². The van der Waals surface area contributed by atoms with Gasteiger partial charge in [0.2, 0.25) is 0 Å². The lowest BCUT2D eigenvalue weighted by molar-refractivity contribution is -0.140. The third-order valence-corrected chi connectivity index (χ3v) is 2.73. The monoisotopic (exact) mass is 232 g/mol. The molecule has 0 aromatic heterocycles. The van der Waals surface area contributed by atoms with Gasteiger partial charge in [-0.3, -0.25) is 0 Å². The Morgan fingerprint density at radius 1 is 1.25 bits per heavy atom. The number of hydrogen-bond donors (Lipinski definition) is 1. The van der Waals surface area contributed by atoms with Gasteiger partial charge in [0.15, 0.2) is 0 Å². The average molecular weight is 232 g/mol. The Morgan fingerprint density at radius 2 is 1.94 bits per heavy atom. The molecule has 0 spiro atoms. The van der Waals surface area contributed by atoms with Crippen molar-refractivity contribution in [1.82, 2.24) is 0 Å². The van der Waals surface area contributed by atoms with Crippen LogP contribution in [0, 0.1) is 0 Å². The van der Waals surface area contributed by atoms with Gasteiger partial charge in [-0.25, -0.2) is 0 Å². The fourth-order valence-corrected chi connectivity index (χ4v) is 1.90. The van der Waals surface area contributed by atoms with Crippen molar-refractivity contribution in [2.45, 2.75) is 18.2 Å². The molecule has 1 N–H and O–H groups in total. The quantitative estimate of drug-likeness (QED) is 0.805. The molecule has 1 aromatic carbocycles. The van der Waals surface area contributed by atoms with E-state index in [1.165, 1.54) is 18.2 Å². The summed E-state index contributed by atoms with van der Waals surface area (Å²) in [6, 6.07) is 5.08. The Balaban J connectivity index is 2.48. The maximum Gasteiger partial charge on any atom is 0.416 e.